The zero-order valence-corrected chi connectivity index (χ0v) is 12.7. The van der Waals surface area contributed by atoms with Crippen LogP contribution < -0.4 is 10.9 Å². The maximum Gasteiger partial charge on any atom is 0.317 e. The van der Waals surface area contributed by atoms with Crippen LogP contribution in [-0.2, 0) is 4.79 Å². The molecule has 1 aromatic heterocycles. The highest BCUT2D eigenvalue weighted by molar-refractivity contribution is 5.94. The molecule has 1 aliphatic heterocycles. The Kier molecular flexibility index (Phi) is 4.97. The molecule has 0 radical (unpaired) electrons. The lowest BCUT2D eigenvalue weighted by Crippen LogP contribution is -2.43. The van der Waals surface area contributed by atoms with Crippen molar-refractivity contribution < 1.29 is 14.7 Å². The molecular weight excluding hydrogens is 286 g/mol. The Morgan fingerprint density at radius 3 is 2.77 bits per heavy atom. The van der Waals surface area contributed by atoms with E-state index in [1.165, 1.54) is 12.3 Å². The number of aliphatic carboxylic acids is 1. The van der Waals surface area contributed by atoms with Crippen LogP contribution in [0.15, 0.2) is 23.1 Å². The molecule has 3 N–H and O–H groups in total. The van der Waals surface area contributed by atoms with Gasteiger partial charge in [-0.05, 0) is 24.0 Å². The van der Waals surface area contributed by atoms with Crippen LogP contribution in [0.2, 0.25) is 0 Å². The second-order valence-electron chi connectivity index (χ2n) is 5.99. The molecule has 0 unspecified atom stereocenters. The SMILES string of the molecule is CC(C)[C@H]1CN(CC(=O)O)C[C@@H]1NC(=O)c1ccc[nH]c1=O. The van der Waals surface area contributed by atoms with Gasteiger partial charge in [0.05, 0.1) is 6.54 Å². The van der Waals surface area contributed by atoms with Gasteiger partial charge in [-0.1, -0.05) is 13.8 Å². The third-order valence-electron chi connectivity index (χ3n) is 4.04. The number of aromatic nitrogens is 1. The number of likely N-dealkylation sites (tertiary alicyclic amines) is 1. The smallest absolute Gasteiger partial charge is 0.317 e. The van der Waals surface area contributed by atoms with Crippen molar-refractivity contribution in [1.29, 1.82) is 0 Å². The van der Waals surface area contributed by atoms with Gasteiger partial charge < -0.3 is 15.4 Å². The molecule has 22 heavy (non-hydrogen) atoms. The van der Waals surface area contributed by atoms with Gasteiger partial charge in [0.15, 0.2) is 0 Å². The first-order valence-electron chi connectivity index (χ1n) is 7.31. The van der Waals surface area contributed by atoms with Gasteiger partial charge in [-0.2, -0.15) is 0 Å². The van der Waals surface area contributed by atoms with Gasteiger partial charge in [-0.15, -0.1) is 0 Å². The number of amides is 1. The van der Waals surface area contributed by atoms with Gasteiger partial charge in [0.25, 0.3) is 11.5 Å². The Balaban J connectivity index is 2.09. The van der Waals surface area contributed by atoms with Crippen LogP contribution >= 0.6 is 0 Å². The van der Waals surface area contributed by atoms with Crippen molar-refractivity contribution in [3.05, 3.63) is 34.2 Å². The first kappa shape index (κ1) is 16.2. The highest BCUT2D eigenvalue weighted by Gasteiger charge is 2.36. The quantitative estimate of drug-likeness (QED) is 0.718. The van der Waals surface area contributed by atoms with Crippen molar-refractivity contribution in [2.75, 3.05) is 19.6 Å². The van der Waals surface area contributed by atoms with Crippen molar-refractivity contribution in [2.45, 2.75) is 19.9 Å². The average Bonchev–Trinajstić information content (AvgIpc) is 2.81. The second kappa shape index (κ2) is 6.74. The number of hydrogen-bond donors (Lipinski definition) is 3. The van der Waals surface area contributed by atoms with Crippen molar-refractivity contribution in [2.24, 2.45) is 11.8 Å². The minimum absolute atomic E-state index is 0.0402. The summed E-state index contributed by atoms with van der Waals surface area (Å²) < 4.78 is 0. The number of nitrogens with zero attached hydrogens (tertiary/aromatic N) is 1. The predicted octanol–water partition coefficient (Wildman–Crippen LogP) is 0.146. The lowest BCUT2D eigenvalue weighted by Gasteiger charge is -2.22. The number of nitrogens with one attached hydrogen (secondary N) is 2. The van der Waals surface area contributed by atoms with Crippen LogP contribution in [0.3, 0.4) is 0 Å². The van der Waals surface area contributed by atoms with E-state index in [1.54, 1.807) is 6.07 Å². The van der Waals surface area contributed by atoms with E-state index >= 15 is 0 Å². The highest BCUT2D eigenvalue weighted by atomic mass is 16.4. The van der Waals surface area contributed by atoms with E-state index in [9.17, 15) is 14.4 Å². The summed E-state index contributed by atoms with van der Waals surface area (Å²) in [4.78, 5) is 39.0. The van der Waals surface area contributed by atoms with E-state index in [-0.39, 0.29) is 24.1 Å². The molecule has 1 saturated heterocycles. The zero-order valence-electron chi connectivity index (χ0n) is 12.7. The van der Waals surface area contributed by atoms with Crippen LogP contribution in [0.5, 0.6) is 0 Å². The van der Waals surface area contributed by atoms with Crippen LogP contribution in [0.25, 0.3) is 0 Å². The van der Waals surface area contributed by atoms with Gasteiger partial charge in [0.1, 0.15) is 5.56 Å². The first-order valence-corrected chi connectivity index (χ1v) is 7.31. The van der Waals surface area contributed by atoms with Crippen molar-refractivity contribution >= 4 is 11.9 Å². The molecule has 7 nitrogen and oxygen atoms in total. The van der Waals surface area contributed by atoms with Crippen LogP contribution in [0, 0.1) is 11.8 Å². The van der Waals surface area contributed by atoms with E-state index in [0.29, 0.717) is 19.0 Å². The molecule has 0 bridgehead atoms. The Hall–Kier alpha value is -2.15. The van der Waals surface area contributed by atoms with Crippen LogP contribution in [0.4, 0.5) is 0 Å². The van der Waals surface area contributed by atoms with Crippen molar-refractivity contribution in [3.8, 4) is 0 Å². The predicted molar refractivity (Wildman–Crippen MR) is 80.7 cm³/mol. The number of aromatic amines is 1. The molecule has 0 aliphatic carbocycles. The van der Waals surface area contributed by atoms with E-state index in [4.69, 9.17) is 5.11 Å². The number of carboxylic acid groups (broad SMARTS) is 1. The zero-order chi connectivity index (χ0) is 16.3. The summed E-state index contributed by atoms with van der Waals surface area (Å²) in [5.41, 5.74) is -0.358. The van der Waals surface area contributed by atoms with Gasteiger partial charge in [-0.25, -0.2) is 0 Å². The van der Waals surface area contributed by atoms with Crippen LogP contribution in [-0.4, -0.2) is 52.5 Å². The Bertz CT molecular complexity index is 611. The fourth-order valence-electron chi connectivity index (χ4n) is 2.91. The maximum atomic E-state index is 12.3. The van der Waals surface area contributed by atoms with E-state index < -0.39 is 17.4 Å². The lowest BCUT2D eigenvalue weighted by atomic mass is 9.91. The summed E-state index contributed by atoms with van der Waals surface area (Å²) in [6, 6.07) is 2.91. The summed E-state index contributed by atoms with van der Waals surface area (Å²) in [5, 5.41) is 11.8. The van der Waals surface area contributed by atoms with Gasteiger partial charge >= 0.3 is 5.97 Å². The molecule has 2 heterocycles. The monoisotopic (exact) mass is 307 g/mol. The number of rotatable bonds is 5. The molecule has 1 aliphatic rings. The molecule has 0 saturated carbocycles. The first-order chi connectivity index (χ1) is 10.4. The summed E-state index contributed by atoms with van der Waals surface area (Å²) in [7, 11) is 0. The van der Waals surface area contributed by atoms with Gasteiger partial charge in [0.2, 0.25) is 0 Å². The molecule has 0 aromatic carbocycles. The minimum Gasteiger partial charge on any atom is -0.480 e. The fraction of sp³-hybridized carbons (Fsp3) is 0.533. The number of carboxylic acids is 1. The maximum absolute atomic E-state index is 12.3. The second-order valence-corrected chi connectivity index (χ2v) is 5.99. The summed E-state index contributed by atoms with van der Waals surface area (Å²) in [5.74, 6) is -0.840. The number of carbonyl (C=O) groups is 2. The van der Waals surface area contributed by atoms with E-state index in [2.05, 4.69) is 10.3 Å². The van der Waals surface area contributed by atoms with Crippen molar-refractivity contribution in [1.82, 2.24) is 15.2 Å². The van der Waals surface area contributed by atoms with Gasteiger partial charge in [-0.3, -0.25) is 19.3 Å². The molecule has 0 spiro atoms. The molecule has 120 valence electrons. The summed E-state index contributed by atoms with van der Waals surface area (Å²) >= 11 is 0. The molecule has 2 atom stereocenters. The molecular formula is C15H21N3O4. The summed E-state index contributed by atoms with van der Waals surface area (Å²) in [6.45, 7) is 5.15. The van der Waals surface area contributed by atoms with E-state index in [1.807, 2.05) is 18.7 Å². The third kappa shape index (κ3) is 3.73. The lowest BCUT2D eigenvalue weighted by molar-refractivity contribution is -0.138. The number of H-pyrrole nitrogens is 1. The molecule has 1 fully saturated rings. The standard InChI is InChI=1S/C15H21N3O4/c1-9(2)11-6-18(8-13(19)20)7-12(11)17-15(22)10-4-3-5-16-14(10)21/h3-5,9,11-12H,6-8H2,1-2H3,(H,16,21)(H,17,22)(H,19,20)/t11-,12+/m1/s1. The normalized spacial score (nSPS) is 22.0. The molecule has 7 heteroatoms. The molecule has 1 aromatic rings. The van der Waals surface area contributed by atoms with E-state index in [0.717, 1.165) is 0 Å². The topological polar surface area (TPSA) is 102 Å². The number of pyridine rings is 1. The number of hydrogen-bond acceptors (Lipinski definition) is 4. The largest absolute Gasteiger partial charge is 0.480 e. The minimum atomic E-state index is -0.881. The van der Waals surface area contributed by atoms with Gasteiger partial charge in [0, 0.05) is 25.3 Å². The molecule has 1 amide bonds. The average molecular weight is 307 g/mol. The Morgan fingerprint density at radius 1 is 1.45 bits per heavy atom. The highest BCUT2D eigenvalue weighted by Crippen LogP contribution is 2.24. The fourth-order valence-corrected chi connectivity index (χ4v) is 2.91. The van der Waals surface area contributed by atoms with Crippen molar-refractivity contribution in [3.63, 3.8) is 0 Å². The Labute approximate surface area is 128 Å². The van der Waals surface area contributed by atoms with Crippen LogP contribution in [0.1, 0.15) is 24.2 Å². The molecule has 2 rings (SSSR count). The number of carbonyl (C=O) groups excluding carboxylic acids is 1. The third-order valence-corrected chi connectivity index (χ3v) is 4.04. The summed E-state index contributed by atoms with van der Waals surface area (Å²) in [6.07, 6.45) is 1.47. The Morgan fingerprint density at radius 2 is 2.18 bits per heavy atom.